The average Bonchev–Trinajstić information content (AvgIpc) is 3.52. The first-order valence-corrected chi connectivity index (χ1v) is 13.1. The Labute approximate surface area is 221 Å². The number of nitrogens with one attached hydrogen (secondary N) is 1. The number of fused-ring (bicyclic) bond motifs is 2. The molecule has 1 N–H and O–H groups in total. The Morgan fingerprint density at radius 3 is 2.61 bits per heavy atom. The number of nitrogens with zero attached hydrogens (tertiary/aromatic N) is 5. The lowest BCUT2D eigenvalue weighted by Crippen LogP contribution is -2.47. The predicted molar refractivity (Wildman–Crippen MR) is 149 cm³/mol. The van der Waals surface area contributed by atoms with Gasteiger partial charge in [-0.2, -0.15) is 5.10 Å². The Morgan fingerprint density at radius 1 is 1.11 bits per heavy atom. The number of hydrogen-bond donors (Lipinski definition) is 1. The van der Waals surface area contributed by atoms with Crippen molar-refractivity contribution in [1.82, 2.24) is 24.6 Å². The molecule has 1 fully saturated rings. The summed E-state index contributed by atoms with van der Waals surface area (Å²) < 4.78 is 1.84. The molecule has 0 atom stereocenters. The highest BCUT2D eigenvalue weighted by molar-refractivity contribution is 5.96. The van der Waals surface area contributed by atoms with Crippen LogP contribution in [-0.4, -0.2) is 62.4 Å². The highest BCUT2D eigenvalue weighted by atomic mass is 16.5. The van der Waals surface area contributed by atoms with Gasteiger partial charge in [0.1, 0.15) is 12.2 Å². The van der Waals surface area contributed by atoms with Crippen molar-refractivity contribution in [1.29, 1.82) is 0 Å². The molecule has 1 aliphatic heterocycles. The van der Waals surface area contributed by atoms with Crippen molar-refractivity contribution >= 4 is 27.8 Å². The summed E-state index contributed by atoms with van der Waals surface area (Å²) in [7, 11) is 5.52. The van der Waals surface area contributed by atoms with Crippen molar-refractivity contribution in [2.75, 3.05) is 27.2 Å². The van der Waals surface area contributed by atoms with Gasteiger partial charge in [0.2, 0.25) is 0 Å². The highest BCUT2D eigenvalue weighted by Crippen LogP contribution is 2.35. The number of aryl methyl sites for hydroxylation is 1. The normalized spacial score (nSPS) is 19.7. The largest absolute Gasteiger partial charge is 0.633 e. The molecule has 38 heavy (non-hydrogen) atoms. The van der Waals surface area contributed by atoms with Gasteiger partial charge in [0.05, 0.1) is 30.5 Å². The Kier molecular flexibility index (Phi) is 6.01. The maximum Gasteiger partial charge on any atom is 0.253 e. The van der Waals surface area contributed by atoms with Crippen LogP contribution in [0.1, 0.15) is 40.4 Å². The molecular weight excluding hydrogens is 476 g/mol. The van der Waals surface area contributed by atoms with Gasteiger partial charge in [0.15, 0.2) is 0 Å². The number of H-pyrrole nitrogens is 1. The number of aromatic nitrogens is 4. The van der Waals surface area contributed by atoms with E-state index in [1.54, 1.807) is 19.0 Å². The van der Waals surface area contributed by atoms with Crippen LogP contribution in [0, 0.1) is 5.21 Å². The molecule has 2 aromatic carbocycles. The first kappa shape index (κ1) is 24.3. The van der Waals surface area contributed by atoms with Gasteiger partial charge >= 0.3 is 0 Å². The molecule has 194 valence electrons. The van der Waals surface area contributed by atoms with Crippen LogP contribution in [0.4, 0.5) is 0 Å². The lowest BCUT2D eigenvalue weighted by Gasteiger charge is -2.47. The number of likely N-dealkylation sites (tertiary alicyclic amines) is 1. The maximum absolute atomic E-state index is 13.8. The molecule has 0 aliphatic carbocycles. The SMILES string of the molecule is CN(C)C(=O)c1ccc(C2CC[N+]([O-])(Cc3cc4c(-c5ccc6[nH]ncc6c5)ccnc4n3C)CC2)cc1. The summed E-state index contributed by atoms with van der Waals surface area (Å²) in [5, 5.41) is 23.1. The highest BCUT2D eigenvalue weighted by Gasteiger charge is 2.29. The summed E-state index contributed by atoms with van der Waals surface area (Å²) in [4.78, 5) is 18.4. The van der Waals surface area contributed by atoms with Crippen LogP contribution in [0.2, 0.25) is 0 Å². The van der Waals surface area contributed by atoms with E-state index in [9.17, 15) is 10.0 Å². The first-order valence-electron chi connectivity index (χ1n) is 13.1. The van der Waals surface area contributed by atoms with Crippen LogP contribution >= 0.6 is 0 Å². The molecule has 8 heteroatoms. The van der Waals surface area contributed by atoms with E-state index in [-0.39, 0.29) is 10.6 Å². The molecule has 1 amide bonds. The minimum absolute atomic E-state index is 0.00469. The summed E-state index contributed by atoms with van der Waals surface area (Å²) in [5.41, 5.74) is 7.01. The fourth-order valence-corrected chi connectivity index (χ4v) is 5.77. The molecule has 0 unspecified atom stereocenters. The fourth-order valence-electron chi connectivity index (χ4n) is 5.77. The number of carbonyl (C=O) groups is 1. The zero-order valence-electron chi connectivity index (χ0n) is 22.0. The van der Waals surface area contributed by atoms with Crippen molar-refractivity contribution in [3.8, 4) is 11.1 Å². The fraction of sp³-hybridized carbons (Fsp3) is 0.300. The topological polar surface area (TPSA) is 89.9 Å². The molecule has 6 rings (SSSR count). The molecular formula is C30H32N6O2. The molecule has 0 radical (unpaired) electrons. The second kappa shape index (κ2) is 9.38. The molecule has 0 saturated carbocycles. The van der Waals surface area contributed by atoms with E-state index < -0.39 is 0 Å². The van der Waals surface area contributed by atoms with E-state index in [2.05, 4.69) is 37.9 Å². The van der Waals surface area contributed by atoms with Crippen molar-refractivity contribution in [2.24, 2.45) is 7.05 Å². The summed E-state index contributed by atoms with van der Waals surface area (Å²) >= 11 is 0. The second-order valence-electron chi connectivity index (χ2n) is 10.7. The number of carbonyl (C=O) groups excluding carboxylic acids is 1. The third-order valence-corrected chi connectivity index (χ3v) is 8.04. The number of quaternary nitrogens is 1. The van der Waals surface area contributed by atoms with Gasteiger partial charge in [-0.05, 0) is 59.0 Å². The van der Waals surface area contributed by atoms with Gasteiger partial charge in [-0.15, -0.1) is 0 Å². The van der Waals surface area contributed by atoms with Crippen molar-refractivity contribution in [3.05, 3.63) is 89.0 Å². The number of amides is 1. The van der Waals surface area contributed by atoms with E-state index in [1.807, 2.05) is 55.8 Å². The average molecular weight is 509 g/mol. The number of piperidine rings is 1. The molecule has 1 saturated heterocycles. The van der Waals surface area contributed by atoms with Crippen LogP contribution in [0.3, 0.4) is 0 Å². The van der Waals surface area contributed by atoms with E-state index in [0.29, 0.717) is 31.1 Å². The van der Waals surface area contributed by atoms with Gasteiger partial charge < -0.3 is 19.3 Å². The minimum atomic E-state index is -0.228. The van der Waals surface area contributed by atoms with E-state index >= 15 is 0 Å². The quantitative estimate of drug-likeness (QED) is 0.261. The second-order valence-corrected chi connectivity index (χ2v) is 10.7. The monoisotopic (exact) mass is 508 g/mol. The Morgan fingerprint density at radius 2 is 1.87 bits per heavy atom. The lowest BCUT2D eigenvalue weighted by atomic mass is 9.88. The molecule has 5 aromatic rings. The maximum atomic E-state index is 13.8. The van der Waals surface area contributed by atoms with Crippen molar-refractivity contribution in [2.45, 2.75) is 25.3 Å². The van der Waals surface area contributed by atoms with Gasteiger partial charge in [-0.3, -0.25) is 9.89 Å². The van der Waals surface area contributed by atoms with Crippen LogP contribution < -0.4 is 0 Å². The third kappa shape index (κ3) is 4.36. The number of aromatic amines is 1. The standard InChI is InChI=1S/C30H32N6O2/c1-34(2)30(37)22-6-4-20(5-7-22)21-11-14-36(38,15-12-21)19-25-17-27-26(10-13-31-29(27)35(25)3)23-8-9-28-24(16-23)18-32-33-28/h4-10,13,16-18,21H,11-12,14-15,19H2,1-3H3,(H,32,33). The molecule has 1 aliphatic rings. The van der Waals surface area contributed by atoms with Gasteiger partial charge in [0, 0.05) is 56.5 Å². The van der Waals surface area contributed by atoms with Crippen molar-refractivity contribution < 1.29 is 9.44 Å². The van der Waals surface area contributed by atoms with E-state index in [1.165, 1.54) is 5.56 Å². The number of hydrogen-bond acceptors (Lipinski definition) is 4. The van der Waals surface area contributed by atoms with Gasteiger partial charge in [-0.25, -0.2) is 4.98 Å². The lowest BCUT2D eigenvalue weighted by molar-refractivity contribution is -0.899. The Balaban J connectivity index is 1.20. The number of hydroxylamine groups is 3. The summed E-state index contributed by atoms with van der Waals surface area (Å²) in [5.74, 6) is 0.349. The predicted octanol–water partition coefficient (Wildman–Crippen LogP) is 5.21. The minimum Gasteiger partial charge on any atom is -0.633 e. The molecule has 8 nitrogen and oxygen atoms in total. The zero-order chi connectivity index (χ0) is 26.4. The smallest absolute Gasteiger partial charge is 0.253 e. The van der Waals surface area contributed by atoms with Crippen LogP contribution in [-0.2, 0) is 13.6 Å². The zero-order valence-corrected chi connectivity index (χ0v) is 22.0. The van der Waals surface area contributed by atoms with Crippen LogP contribution in [0.25, 0.3) is 33.1 Å². The van der Waals surface area contributed by atoms with Gasteiger partial charge in [-0.1, -0.05) is 18.2 Å². The van der Waals surface area contributed by atoms with E-state index in [4.69, 9.17) is 0 Å². The summed E-state index contributed by atoms with van der Waals surface area (Å²) in [6.07, 6.45) is 5.34. The first-order chi connectivity index (χ1) is 18.3. The Hall–Kier alpha value is -4.01. The number of rotatable bonds is 5. The van der Waals surface area contributed by atoms with Crippen molar-refractivity contribution in [3.63, 3.8) is 0 Å². The third-order valence-electron chi connectivity index (χ3n) is 8.04. The van der Waals surface area contributed by atoms with Gasteiger partial charge in [0.25, 0.3) is 5.91 Å². The number of pyridine rings is 1. The molecule has 3 aromatic heterocycles. The summed E-state index contributed by atoms with van der Waals surface area (Å²) in [6, 6.07) is 18.3. The summed E-state index contributed by atoms with van der Waals surface area (Å²) in [6.45, 7) is 1.57. The number of benzene rings is 2. The van der Waals surface area contributed by atoms with Crippen LogP contribution in [0.15, 0.2) is 67.0 Å². The molecule has 0 spiro atoms. The Bertz CT molecular complexity index is 1620. The molecule has 0 bridgehead atoms. The van der Waals surface area contributed by atoms with E-state index in [0.717, 1.165) is 51.6 Å². The molecule has 4 heterocycles. The van der Waals surface area contributed by atoms with Crippen LogP contribution in [0.5, 0.6) is 0 Å².